The molecule has 0 aliphatic rings. The number of unbranched alkanes of at least 4 members (excludes halogenated alkanes) is 13. The van der Waals surface area contributed by atoms with E-state index in [1.54, 1.807) is 0 Å². The first-order valence-corrected chi connectivity index (χ1v) is 12.4. The van der Waals surface area contributed by atoms with Crippen LogP contribution in [0.25, 0.3) is 0 Å². The van der Waals surface area contributed by atoms with Crippen LogP contribution in [-0.2, 0) is 4.79 Å². The van der Waals surface area contributed by atoms with Crippen molar-refractivity contribution in [2.45, 2.75) is 143 Å². The average molecular weight is 383 g/mol. The van der Waals surface area contributed by atoms with Crippen LogP contribution in [0, 0.1) is 11.8 Å². The van der Waals surface area contributed by atoms with E-state index < -0.39 is 5.97 Å². The summed E-state index contributed by atoms with van der Waals surface area (Å²) >= 11 is 0. The van der Waals surface area contributed by atoms with Gasteiger partial charge in [0.25, 0.3) is 0 Å². The van der Waals surface area contributed by atoms with Crippen molar-refractivity contribution in [3.63, 3.8) is 0 Å². The van der Waals surface area contributed by atoms with Gasteiger partial charge in [-0.1, -0.05) is 124 Å². The van der Waals surface area contributed by atoms with Crippen LogP contribution >= 0.6 is 0 Å². The first-order chi connectivity index (χ1) is 13.2. The lowest BCUT2D eigenvalue weighted by Gasteiger charge is -2.24. The van der Waals surface area contributed by atoms with Crippen LogP contribution in [0.3, 0.4) is 0 Å². The first kappa shape index (κ1) is 26.5. The van der Waals surface area contributed by atoms with Crippen molar-refractivity contribution in [1.29, 1.82) is 0 Å². The quantitative estimate of drug-likeness (QED) is 0.201. The highest BCUT2D eigenvalue weighted by molar-refractivity contribution is 5.70. The van der Waals surface area contributed by atoms with Crippen molar-refractivity contribution < 1.29 is 9.90 Å². The molecule has 0 amide bonds. The third-order valence-corrected chi connectivity index (χ3v) is 6.11. The maximum absolute atomic E-state index is 11.8. The second kappa shape index (κ2) is 20.2. The molecule has 0 rings (SSSR count). The standard InChI is InChI=1S/C25H50O2/c1-4-7-10-11-12-13-14-15-16-17-18-19-22-24(25(26)27)23(20-8-5-2)21-9-6-3/h23-24H,4-22H2,1-3H3,(H,26,27). The van der Waals surface area contributed by atoms with Gasteiger partial charge in [0, 0.05) is 0 Å². The fourth-order valence-corrected chi connectivity index (χ4v) is 4.25. The van der Waals surface area contributed by atoms with E-state index in [9.17, 15) is 9.90 Å². The summed E-state index contributed by atoms with van der Waals surface area (Å²) in [6, 6.07) is 0. The summed E-state index contributed by atoms with van der Waals surface area (Å²) in [7, 11) is 0. The Kier molecular flexibility index (Phi) is 19.8. The van der Waals surface area contributed by atoms with Gasteiger partial charge in [0.2, 0.25) is 0 Å². The SMILES string of the molecule is CCCCCCCCCCCCCCC(C(=O)O)C(CCCC)CCCC. The van der Waals surface area contributed by atoms with Crippen molar-refractivity contribution in [2.24, 2.45) is 11.8 Å². The molecule has 0 heterocycles. The molecule has 162 valence electrons. The van der Waals surface area contributed by atoms with E-state index in [1.807, 2.05) is 0 Å². The van der Waals surface area contributed by atoms with Crippen LogP contribution < -0.4 is 0 Å². The zero-order chi connectivity index (χ0) is 20.2. The molecule has 0 aromatic rings. The summed E-state index contributed by atoms with van der Waals surface area (Å²) in [6.45, 7) is 6.69. The zero-order valence-corrected chi connectivity index (χ0v) is 18.9. The Balaban J connectivity index is 3.83. The molecule has 0 fully saturated rings. The Labute approximate surface area is 170 Å². The maximum Gasteiger partial charge on any atom is 0.306 e. The van der Waals surface area contributed by atoms with Crippen molar-refractivity contribution in [3.8, 4) is 0 Å². The zero-order valence-electron chi connectivity index (χ0n) is 18.9. The summed E-state index contributed by atoms with van der Waals surface area (Å²) < 4.78 is 0. The Morgan fingerprint density at radius 1 is 0.556 bits per heavy atom. The van der Waals surface area contributed by atoms with Crippen LogP contribution in [0.2, 0.25) is 0 Å². The van der Waals surface area contributed by atoms with Crippen LogP contribution in [0.15, 0.2) is 0 Å². The van der Waals surface area contributed by atoms with E-state index in [0.717, 1.165) is 25.7 Å². The molecule has 2 heteroatoms. The Bertz CT molecular complexity index is 305. The Morgan fingerprint density at radius 3 is 1.30 bits per heavy atom. The lowest BCUT2D eigenvalue weighted by Crippen LogP contribution is -2.24. The van der Waals surface area contributed by atoms with Crippen molar-refractivity contribution in [1.82, 2.24) is 0 Å². The Morgan fingerprint density at radius 2 is 0.926 bits per heavy atom. The molecule has 1 atom stereocenters. The lowest BCUT2D eigenvalue weighted by atomic mass is 9.81. The fourth-order valence-electron chi connectivity index (χ4n) is 4.25. The Hall–Kier alpha value is -0.530. The topological polar surface area (TPSA) is 37.3 Å². The summed E-state index contributed by atoms with van der Waals surface area (Å²) in [5.74, 6) is -0.253. The van der Waals surface area contributed by atoms with Crippen LogP contribution in [-0.4, -0.2) is 11.1 Å². The second-order valence-electron chi connectivity index (χ2n) is 8.67. The van der Waals surface area contributed by atoms with E-state index in [1.165, 1.54) is 96.3 Å². The van der Waals surface area contributed by atoms with Gasteiger partial charge < -0.3 is 5.11 Å². The van der Waals surface area contributed by atoms with E-state index >= 15 is 0 Å². The van der Waals surface area contributed by atoms with Crippen LogP contribution in [0.1, 0.15) is 143 Å². The molecule has 27 heavy (non-hydrogen) atoms. The number of carbonyl (C=O) groups is 1. The molecule has 0 bridgehead atoms. The van der Waals surface area contributed by atoms with Gasteiger partial charge in [-0.25, -0.2) is 0 Å². The molecular weight excluding hydrogens is 332 g/mol. The molecule has 0 spiro atoms. The number of rotatable bonds is 21. The molecule has 2 nitrogen and oxygen atoms in total. The summed E-state index contributed by atoms with van der Waals surface area (Å²) in [5.41, 5.74) is 0. The van der Waals surface area contributed by atoms with Gasteiger partial charge in [0.15, 0.2) is 0 Å². The molecule has 0 aromatic heterocycles. The summed E-state index contributed by atoms with van der Waals surface area (Å²) in [4.78, 5) is 11.8. The van der Waals surface area contributed by atoms with Gasteiger partial charge in [-0.3, -0.25) is 4.79 Å². The number of aliphatic carboxylic acids is 1. The van der Waals surface area contributed by atoms with Crippen molar-refractivity contribution >= 4 is 5.97 Å². The molecule has 0 radical (unpaired) electrons. The predicted octanol–water partition coefficient (Wildman–Crippen LogP) is 8.78. The lowest BCUT2D eigenvalue weighted by molar-refractivity contribution is -0.144. The number of carboxylic acids is 1. The maximum atomic E-state index is 11.8. The monoisotopic (exact) mass is 382 g/mol. The largest absolute Gasteiger partial charge is 0.481 e. The van der Waals surface area contributed by atoms with E-state index in [0.29, 0.717) is 5.92 Å². The molecule has 1 unspecified atom stereocenters. The number of hydrogen-bond acceptors (Lipinski definition) is 1. The van der Waals surface area contributed by atoms with Gasteiger partial charge in [0.1, 0.15) is 0 Å². The molecule has 0 saturated heterocycles. The van der Waals surface area contributed by atoms with Gasteiger partial charge >= 0.3 is 5.97 Å². The van der Waals surface area contributed by atoms with Crippen molar-refractivity contribution in [3.05, 3.63) is 0 Å². The third-order valence-electron chi connectivity index (χ3n) is 6.11. The molecule has 0 saturated carbocycles. The fraction of sp³-hybridized carbons (Fsp3) is 0.960. The predicted molar refractivity (Wildman–Crippen MR) is 119 cm³/mol. The highest BCUT2D eigenvalue weighted by Crippen LogP contribution is 2.29. The van der Waals surface area contributed by atoms with Crippen molar-refractivity contribution in [2.75, 3.05) is 0 Å². The molecule has 0 aliphatic heterocycles. The highest BCUT2D eigenvalue weighted by atomic mass is 16.4. The number of carboxylic acid groups (broad SMARTS) is 1. The van der Waals surface area contributed by atoms with Crippen LogP contribution in [0.5, 0.6) is 0 Å². The smallest absolute Gasteiger partial charge is 0.306 e. The highest BCUT2D eigenvalue weighted by Gasteiger charge is 2.26. The minimum Gasteiger partial charge on any atom is -0.481 e. The van der Waals surface area contributed by atoms with E-state index in [-0.39, 0.29) is 5.92 Å². The molecule has 1 N–H and O–H groups in total. The molecule has 0 aromatic carbocycles. The average Bonchev–Trinajstić information content (AvgIpc) is 2.66. The molecular formula is C25H50O2. The van der Waals surface area contributed by atoms with Gasteiger partial charge in [-0.15, -0.1) is 0 Å². The van der Waals surface area contributed by atoms with E-state index in [2.05, 4.69) is 20.8 Å². The second-order valence-corrected chi connectivity index (χ2v) is 8.67. The normalized spacial score (nSPS) is 12.6. The minimum atomic E-state index is -0.546. The van der Waals surface area contributed by atoms with Gasteiger partial charge in [-0.05, 0) is 25.2 Å². The first-order valence-electron chi connectivity index (χ1n) is 12.4. The van der Waals surface area contributed by atoms with Gasteiger partial charge in [0.05, 0.1) is 5.92 Å². The summed E-state index contributed by atoms with van der Waals surface area (Å²) in [6.07, 6.45) is 23.9. The van der Waals surface area contributed by atoms with Crippen LogP contribution in [0.4, 0.5) is 0 Å². The minimum absolute atomic E-state index is 0.105. The van der Waals surface area contributed by atoms with Gasteiger partial charge in [-0.2, -0.15) is 0 Å². The number of hydrogen-bond donors (Lipinski definition) is 1. The summed E-state index contributed by atoms with van der Waals surface area (Å²) in [5, 5.41) is 9.72. The van der Waals surface area contributed by atoms with E-state index in [4.69, 9.17) is 0 Å². The molecule has 0 aliphatic carbocycles. The third kappa shape index (κ3) is 16.2.